The molecule has 2 aromatic rings. The van der Waals surface area contributed by atoms with Crippen LogP contribution in [-0.4, -0.2) is 31.5 Å². The van der Waals surface area contributed by atoms with Crippen LogP contribution >= 0.6 is 11.6 Å². The van der Waals surface area contributed by atoms with Crippen LogP contribution in [0.2, 0.25) is 5.28 Å². The molecule has 0 radical (unpaired) electrons. The van der Waals surface area contributed by atoms with Crippen LogP contribution in [0.1, 0.15) is 63.8 Å². The first kappa shape index (κ1) is 17.5. The lowest BCUT2D eigenvalue weighted by Gasteiger charge is -2.31. The van der Waals surface area contributed by atoms with Gasteiger partial charge in [-0.2, -0.15) is 9.97 Å². The maximum Gasteiger partial charge on any atom is 0.226 e. The Bertz CT molecular complexity index is 792. The predicted molar refractivity (Wildman–Crippen MR) is 101 cm³/mol. The third kappa shape index (κ3) is 3.49. The Morgan fingerprint density at radius 1 is 1.12 bits per heavy atom. The summed E-state index contributed by atoms with van der Waals surface area (Å²) in [5, 5.41) is 3.41. The highest BCUT2D eigenvalue weighted by atomic mass is 35.5. The van der Waals surface area contributed by atoms with Crippen LogP contribution in [0.5, 0.6) is 0 Å². The summed E-state index contributed by atoms with van der Waals surface area (Å²) in [6.07, 6.45) is 11.4. The minimum Gasteiger partial charge on any atom is -0.382 e. The van der Waals surface area contributed by atoms with Crippen molar-refractivity contribution in [2.45, 2.75) is 69.9 Å². The van der Waals surface area contributed by atoms with E-state index in [0.717, 1.165) is 38.5 Å². The number of carbonyl (C=O) groups excluding carboxylic acids is 1. The monoisotopic (exact) mass is 376 g/mol. The summed E-state index contributed by atoms with van der Waals surface area (Å²) < 4.78 is 2.04. The number of rotatable bonds is 3. The molecule has 4 rings (SSSR count). The summed E-state index contributed by atoms with van der Waals surface area (Å²) in [6.45, 7) is 0. The second-order valence-electron chi connectivity index (χ2n) is 7.55. The molecule has 140 valence electrons. The maximum absolute atomic E-state index is 12.6. The van der Waals surface area contributed by atoms with Gasteiger partial charge >= 0.3 is 0 Å². The van der Waals surface area contributed by atoms with Gasteiger partial charge in [-0.25, -0.2) is 4.98 Å². The Hall–Kier alpha value is -1.89. The van der Waals surface area contributed by atoms with E-state index in [2.05, 4.69) is 20.3 Å². The first-order chi connectivity index (χ1) is 12.6. The molecular formula is C18H25ClN6O. The van der Waals surface area contributed by atoms with Crippen LogP contribution in [0.25, 0.3) is 11.2 Å². The molecule has 8 heteroatoms. The molecule has 7 nitrogen and oxygen atoms in total. The highest BCUT2D eigenvalue weighted by molar-refractivity contribution is 6.28. The van der Waals surface area contributed by atoms with Crippen LogP contribution in [0, 0.1) is 5.92 Å². The smallest absolute Gasteiger partial charge is 0.226 e. The molecule has 2 aliphatic rings. The number of amides is 1. The second kappa shape index (κ2) is 7.39. The Kier molecular flexibility index (Phi) is 4.98. The lowest BCUT2D eigenvalue weighted by atomic mass is 9.84. The molecule has 0 spiro atoms. The average molecular weight is 377 g/mol. The molecular weight excluding hydrogens is 352 g/mol. The molecule has 26 heavy (non-hydrogen) atoms. The fraction of sp³-hybridized carbons (Fsp3) is 0.667. The highest BCUT2D eigenvalue weighted by Crippen LogP contribution is 2.34. The zero-order valence-corrected chi connectivity index (χ0v) is 15.6. The molecule has 0 bridgehead atoms. The number of fused-ring (bicyclic) bond motifs is 1. The molecule has 0 aliphatic heterocycles. The normalized spacial score (nSPS) is 24.7. The molecule has 2 aromatic heterocycles. The quantitative estimate of drug-likeness (QED) is 0.801. The standard InChI is InChI=1S/C18H25ClN6O/c19-18-23-15(20)14-16(24-18)25(10-21-14)13-8-6-11(7-9-13)17(26)22-12-4-2-1-3-5-12/h10-13H,1-9H2,(H,22,26)(H2,20,23,24). The van der Waals surface area contributed by atoms with Crippen LogP contribution < -0.4 is 11.1 Å². The first-order valence-corrected chi connectivity index (χ1v) is 9.95. The van der Waals surface area contributed by atoms with Crippen molar-refractivity contribution in [2.24, 2.45) is 5.92 Å². The number of nitrogen functional groups attached to an aromatic ring is 1. The van der Waals surface area contributed by atoms with Crippen molar-refractivity contribution in [3.63, 3.8) is 0 Å². The fourth-order valence-corrected chi connectivity index (χ4v) is 4.53. The van der Waals surface area contributed by atoms with Crippen molar-refractivity contribution in [3.8, 4) is 0 Å². The number of nitrogens with two attached hydrogens (primary N) is 1. The molecule has 2 heterocycles. The van der Waals surface area contributed by atoms with E-state index >= 15 is 0 Å². The largest absolute Gasteiger partial charge is 0.382 e. The number of hydrogen-bond donors (Lipinski definition) is 2. The second-order valence-corrected chi connectivity index (χ2v) is 7.89. The topological polar surface area (TPSA) is 98.7 Å². The molecule has 2 saturated carbocycles. The van der Waals surface area contributed by atoms with Gasteiger partial charge in [0.25, 0.3) is 0 Å². The van der Waals surface area contributed by atoms with Crippen molar-refractivity contribution in [2.75, 3.05) is 5.73 Å². The van der Waals surface area contributed by atoms with Gasteiger partial charge in [-0.1, -0.05) is 19.3 Å². The van der Waals surface area contributed by atoms with Crippen LogP contribution in [0.4, 0.5) is 5.82 Å². The Morgan fingerprint density at radius 2 is 1.85 bits per heavy atom. The number of nitrogens with one attached hydrogen (secondary N) is 1. The Balaban J connectivity index is 1.40. The van der Waals surface area contributed by atoms with Gasteiger partial charge in [-0.05, 0) is 50.1 Å². The summed E-state index contributed by atoms with van der Waals surface area (Å²) in [5.41, 5.74) is 7.15. The SMILES string of the molecule is Nc1nc(Cl)nc2c1ncn2C1CCC(C(=O)NC2CCCCC2)CC1. The lowest BCUT2D eigenvalue weighted by molar-refractivity contribution is -0.127. The zero-order chi connectivity index (χ0) is 18.1. The van der Waals surface area contributed by atoms with Crippen molar-refractivity contribution in [3.05, 3.63) is 11.6 Å². The third-order valence-corrected chi connectivity index (χ3v) is 6.00. The van der Waals surface area contributed by atoms with Crippen molar-refractivity contribution >= 4 is 34.5 Å². The van der Waals surface area contributed by atoms with Gasteiger partial charge in [0.1, 0.15) is 5.52 Å². The zero-order valence-electron chi connectivity index (χ0n) is 14.8. The average Bonchev–Trinajstić information content (AvgIpc) is 3.07. The molecule has 0 saturated heterocycles. The van der Waals surface area contributed by atoms with E-state index in [-0.39, 0.29) is 23.2 Å². The van der Waals surface area contributed by atoms with Gasteiger partial charge in [0.05, 0.1) is 6.33 Å². The molecule has 2 aliphatic carbocycles. The summed E-state index contributed by atoms with van der Waals surface area (Å²) >= 11 is 5.95. The molecule has 1 amide bonds. The predicted octanol–water partition coefficient (Wildman–Crippen LogP) is 3.24. The van der Waals surface area contributed by atoms with Gasteiger partial charge < -0.3 is 15.6 Å². The van der Waals surface area contributed by atoms with Crippen LogP contribution in [-0.2, 0) is 4.79 Å². The first-order valence-electron chi connectivity index (χ1n) is 9.57. The Labute approximate surface area is 157 Å². The van der Waals surface area contributed by atoms with Crippen molar-refractivity contribution in [1.82, 2.24) is 24.8 Å². The summed E-state index contributed by atoms with van der Waals surface area (Å²) in [4.78, 5) is 25.2. The van der Waals surface area contributed by atoms with E-state index < -0.39 is 0 Å². The Morgan fingerprint density at radius 3 is 2.58 bits per heavy atom. The van der Waals surface area contributed by atoms with Gasteiger partial charge in [0, 0.05) is 18.0 Å². The number of aromatic nitrogens is 4. The number of hydrogen-bond acceptors (Lipinski definition) is 5. The minimum atomic E-state index is 0.117. The van der Waals surface area contributed by atoms with E-state index in [1.54, 1.807) is 6.33 Å². The fourth-order valence-electron chi connectivity index (χ4n) is 4.36. The van der Waals surface area contributed by atoms with Gasteiger partial charge in [0.15, 0.2) is 11.5 Å². The lowest BCUT2D eigenvalue weighted by Crippen LogP contribution is -2.41. The molecule has 0 atom stereocenters. The maximum atomic E-state index is 12.6. The van der Waals surface area contributed by atoms with Crippen molar-refractivity contribution in [1.29, 1.82) is 0 Å². The van der Waals surface area contributed by atoms with Gasteiger partial charge in [-0.15, -0.1) is 0 Å². The van der Waals surface area contributed by atoms with Gasteiger partial charge in [0.2, 0.25) is 11.2 Å². The number of carbonyl (C=O) groups is 1. The summed E-state index contributed by atoms with van der Waals surface area (Å²) in [5.74, 6) is 0.658. The third-order valence-electron chi connectivity index (χ3n) is 5.83. The van der Waals surface area contributed by atoms with E-state index in [1.165, 1.54) is 19.3 Å². The van der Waals surface area contributed by atoms with E-state index in [9.17, 15) is 4.79 Å². The van der Waals surface area contributed by atoms with E-state index in [0.29, 0.717) is 23.0 Å². The van der Waals surface area contributed by atoms with Crippen LogP contribution in [0.15, 0.2) is 6.33 Å². The van der Waals surface area contributed by atoms with E-state index in [1.807, 2.05) is 4.57 Å². The molecule has 3 N–H and O–H groups in total. The van der Waals surface area contributed by atoms with E-state index in [4.69, 9.17) is 17.3 Å². The molecule has 0 aromatic carbocycles. The summed E-state index contributed by atoms with van der Waals surface area (Å²) in [7, 11) is 0. The molecule has 2 fully saturated rings. The number of anilines is 1. The number of imidazole rings is 1. The molecule has 0 unspecified atom stereocenters. The summed E-state index contributed by atoms with van der Waals surface area (Å²) in [6, 6.07) is 0.650. The van der Waals surface area contributed by atoms with Crippen LogP contribution in [0.3, 0.4) is 0 Å². The van der Waals surface area contributed by atoms with Gasteiger partial charge in [-0.3, -0.25) is 4.79 Å². The highest BCUT2D eigenvalue weighted by Gasteiger charge is 2.29. The minimum absolute atomic E-state index is 0.117. The number of nitrogens with zero attached hydrogens (tertiary/aromatic N) is 4. The van der Waals surface area contributed by atoms with Crippen molar-refractivity contribution < 1.29 is 4.79 Å². The number of halogens is 1.